The number of thiol groups is 1. The molecule has 0 saturated heterocycles. The van der Waals surface area contributed by atoms with Crippen molar-refractivity contribution in [2.75, 3.05) is 0 Å². The van der Waals surface area contributed by atoms with Gasteiger partial charge in [-0.1, -0.05) is 32.9 Å². The average molecular weight is 573 g/mol. The molecule has 0 radical (unpaired) electrons. The van der Waals surface area contributed by atoms with Gasteiger partial charge in [0.15, 0.2) is 0 Å². The van der Waals surface area contributed by atoms with Gasteiger partial charge in [-0.3, -0.25) is 9.36 Å². The zero-order valence-corrected chi connectivity index (χ0v) is 22.9. The van der Waals surface area contributed by atoms with Crippen LogP contribution in [0.3, 0.4) is 0 Å². The van der Waals surface area contributed by atoms with Crippen LogP contribution in [-0.4, -0.2) is 24.3 Å². The third kappa shape index (κ3) is 7.83. The molecule has 0 aliphatic heterocycles. The fraction of sp³-hybridized carbons (Fsp3) is 0.308. The van der Waals surface area contributed by atoms with Crippen molar-refractivity contribution in [3.05, 3.63) is 72.3 Å². The fourth-order valence-corrected chi connectivity index (χ4v) is 4.78. The highest BCUT2D eigenvalue weighted by atomic mass is 32.2. The molecule has 12 heteroatoms. The van der Waals surface area contributed by atoms with Crippen molar-refractivity contribution in [1.29, 1.82) is 0 Å². The minimum Gasteiger partial charge on any atom is -0.275 e. The van der Waals surface area contributed by atoms with Gasteiger partial charge in [-0.15, -0.1) is 24.4 Å². The first kappa shape index (κ1) is 29.7. The molecular weight excluding hydrogens is 546 g/mol. The van der Waals surface area contributed by atoms with Crippen LogP contribution >= 0.6 is 24.4 Å². The van der Waals surface area contributed by atoms with Gasteiger partial charge < -0.3 is 0 Å². The Morgan fingerprint density at radius 1 is 0.684 bits per heavy atom. The lowest BCUT2D eigenvalue weighted by atomic mass is 10.1. The van der Waals surface area contributed by atoms with E-state index in [2.05, 4.69) is 22.8 Å². The molecule has 38 heavy (non-hydrogen) atoms. The van der Waals surface area contributed by atoms with Crippen LogP contribution in [0.5, 0.6) is 0 Å². The lowest BCUT2D eigenvalue weighted by Gasteiger charge is -2.21. The predicted octanol–water partition coefficient (Wildman–Crippen LogP) is 8.39. The van der Waals surface area contributed by atoms with Crippen LogP contribution in [0.2, 0.25) is 0 Å². The smallest absolute Gasteiger partial charge is 0.275 e. The Balaban J connectivity index is 0.000000215. The summed E-state index contributed by atoms with van der Waals surface area (Å²) in [6, 6.07) is 8.47. The van der Waals surface area contributed by atoms with E-state index in [9.17, 15) is 26.3 Å². The lowest BCUT2D eigenvalue weighted by Crippen LogP contribution is -2.12. The van der Waals surface area contributed by atoms with E-state index < -0.39 is 23.5 Å². The Labute approximate surface area is 226 Å². The van der Waals surface area contributed by atoms with Gasteiger partial charge in [0.1, 0.15) is 0 Å². The minimum absolute atomic E-state index is 0.0786. The number of rotatable bonds is 3. The molecule has 0 aliphatic carbocycles. The molecule has 2 aromatic heterocycles. The summed E-state index contributed by atoms with van der Waals surface area (Å²) in [6.45, 7) is 5.69. The Hall–Kier alpha value is -2.86. The number of benzene rings is 2. The van der Waals surface area contributed by atoms with Crippen molar-refractivity contribution < 1.29 is 26.3 Å². The maximum atomic E-state index is 13.3. The first-order valence-electron chi connectivity index (χ1n) is 11.2. The third-order valence-corrected chi connectivity index (χ3v) is 6.66. The topological polar surface area (TPSA) is 35.6 Å². The molecule has 4 aromatic rings. The second-order valence-corrected chi connectivity index (χ2v) is 11.8. The normalized spacial score (nSPS) is 12.3. The van der Waals surface area contributed by atoms with Gasteiger partial charge in [0.05, 0.1) is 23.5 Å². The van der Waals surface area contributed by atoms with Crippen molar-refractivity contribution in [2.24, 2.45) is 14.1 Å². The first-order valence-corrected chi connectivity index (χ1v) is 12.5. The molecule has 0 aliphatic rings. The Morgan fingerprint density at radius 3 is 1.53 bits per heavy atom. The highest BCUT2D eigenvalue weighted by Crippen LogP contribution is 2.43. The molecule has 0 fully saturated rings. The second kappa shape index (κ2) is 11.1. The number of alkyl halides is 6. The summed E-state index contributed by atoms with van der Waals surface area (Å²) < 4.78 is 80.7. The summed E-state index contributed by atoms with van der Waals surface area (Å²) in [5, 5.41) is 7.92. The van der Waals surface area contributed by atoms with Gasteiger partial charge >= 0.3 is 12.4 Å². The van der Waals surface area contributed by atoms with Crippen molar-refractivity contribution in [1.82, 2.24) is 19.6 Å². The molecule has 0 unspecified atom stereocenters. The van der Waals surface area contributed by atoms with E-state index >= 15 is 0 Å². The summed E-state index contributed by atoms with van der Waals surface area (Å²) in [7, 11) is 3.44. The van der Waals surface area contributed by atoms with Gasteiger partial charge in [0, 0.05) is 52.2 Å². The van der Waals surface area contributed by atoms with E-state index in [1.165, 1.54) is 34.8 Å². The van der Waals surface area contributed by atoms with Crippen LogP contribution in [0.1, 0.15) is 31.9 Å². The van der Waals surface area contributed by atoms with E-state index in [0.29, 0.717) is 22.3 Å². The zero-order chi connectivity index (χ0) is 28.5. The molecule has 0 saturated carbocycles. The maximum Gasteiger partial charge on any atom is 0.417 e. The van der Waals surface area contributed by atoms with Gasteiger partial charge in [0.25, 0.3) is 0 Å². The minimum atomic E-state index is -4.39. The molecule has 0 atom stereocenters. The molecule has 4 rings (SSSR count). The number of thioether (sulfide) groups is 1. The average Bonchev–Trinajstić information content (AvgIpc) is 3.40. The highest BCUT2D eigenvalue weighted by molar-refractivity contribution is 8.00. The van der Waals surface area contributed by atoms with E-state index in [4.69, 9.17) is 0 Å². The summed E-state index contributed by atoms with van der Waals surface area (Å²) in [6.07, 6.45) is -2.32. The summed E-state index contributed by atoms with van der Waals surface area (Å²) in [5.41, 5.74) is 0.990. The quantitative estimate of drug-likeness (QED) is 0.152. The van der Waals surface area contributed by atoms with Crippen LogP contribution in [0.4, 0.5) is 26.3 Å². The fourth-order valence-electron chi connectivity index (χ4n) is 3.43. The van der Waals surface area contributed by atoms with E-state index in [1.54, 1.807) is 55.6 Å². The largest absolute Gasteiger partial charge is 0.417 e. The molecule has 204 valence electrons. The molecule has 0 amide bonds. The van der Waals surface area contributed by atoms with Gasteiger partial charge in [0.2, 0.25) is 0 Å². The Bertz CT molecular complexity index is 1400. The monoisotopic (exact) mass is 572 g/mol. The summed E-state index contributed by atoms with van der Waals surface area (Å²) in [5.74, 6) is 0. The van der Waals surface area contributed by atoms with Crippen molar-refractivity contribution in [2.45, 2.75) is 47.7 Å². The van der Waals surface area contributed by atoms with E-state index in [1.807, 2.05) is 20.8 Å². The number of halogens is 6. The second-order valence-electron chi connectivity index (χ2n) is 9.46. The SMILES string of the molecule is Cn1cc(-c2ccc(S)c(C(F)(F)F)c2)cn1.Cn1cc(-c2ccc(SC(C)(C)C)c(C(F)(F)F)c2)cn1. The predicted molar refractivity (Wildman–Crippen MR) is 140 cm³/mol. The molecule has 4 nitrogen and oxygen atoms in total. The number of hydrogen-bond acceptors (Lipinski definition) is 4. The number of aromatic nitrogens is 4. The maximum absolute atomic E-state index is 13.3. The van der Waals surface area contributed by atoms with Crippen molar-refractivity contribution in [3.8, 4) is 22.3 Å². The van der Waals surface area contributed by atoms with Crippen molar-refractivity contribution >= 4 is 24.4 Å². The molecular formula is C26H26F6N4S2. The zero-order valence-electron chi connectivity index (χ0n) is 21.2. The van der Waals surface area contributed by atoms with Gasteiger partial charge in [-0.25, -0.2) is 0 Å². The van der Waals surface area contributed by atoms with Gasteiger partial charge in [-0.2, -0.15) is 36.5 Å². The van der Waals surface area contributed by atoms with E-state index in [0.717, 1.165) is 6.07 Å². The third-order valence-electron chi connectivity index (χ3n) is 5.08. The van der Waals surface area contributed by atoms with Gasteiger partial charge in [-0.05, 0) is 35.4 Å². The molecule has 2 aromatic carbocycles. The van der Waals surface area contributed by atoms with Crippen LogP contribution < -0.4 is 0 Å². The standard InChI is InChI=1S/C15H17F3N2S.C11H9F3N2S/c1-14(2,3)21-13-6-5-10(7-12(13)15(16,17)18)11-8-19-20(4)9-11;1-16-6-8(5-15-16)7-2-3-10(17)9(4-7)11(12,13)14/h5-9H,1-4H3;2-6,17H,1H3. The number of hydrogen-bond donors (Lipinski definition) is 1. The highest BCUT2D eigenvalue weighted by Gasteiger charge is 2.35. The van der Waals surface area contributed by atoms with E-state index in [-0.39, 0.29) is 14.5 Å². The number of aryl methyl sites for hydroxylation is 2. The summed E-state index contributed by atoms with van der Waals surface area (Å²) in [4.78, 5) is 0.174. The molecule has 0 spiro atoms. The number of nitrogens with zero attached hydrogens (tertiary/aromatic N) is 4. The Morgan fingerprint density at radius 2 is 1.13 bits per heavy atom. The van der Waals surface area contributed by atoms with Crippen molar-refractivity contribution in [3.63, 3.8) is 0 Å². The summed E-state index contributed by atoms with van der Waals surface area (Å²) >= 11 is 5.04. The lowest BCUT2D eigenvalue weighted by molar-refractivity contribution is -0.140. The first-order chi connectivity index (χ1) is 17.4. The molecule has 2 heterocycles. The Kier molecular flexibility index (Phi) is 8.67. The molecule has 0 N–H and O–H groups in total. The molecule has 0 bridgehead atoms. The van der Waals surface area contributed by atoms with Crippen LogP contribution in [0.25, 0.3) is 22.3 Å². The van der Waals surface area contributed by atoms with Crippen LogP contribution in [-0.2, 0) is 26.4 Å². The van der Waals surface area contributed by atoms with Crippen LogP contribution in [0.15, 0.2) is 71.0 Å². The van der Waals surface area contributed by atoms with Crippen LogP contribution in [0, 0.1) is 0 Å².